The third-order valence-electron chi connectivity index (χ3n) is 2.16. The number of ether oxygens (including phenoxy) is 1. The Morgan fingerprint density at radius 3 is 2.59 bits per heavy atom. The van der Waals surface area contributed by atoms with Gasteiger partial charge in [-0.1, -0.05) is 6.92 Å². The van der Waals surface area contributed by atoms with Gasteiger partial charge in [0.05, 0.1) is 18.5 Å². The summed E-state index contributed by atoms with van der Waals surface area (Å²) < 4.78 is 41.7. The highest BCUT2D eigenvalue weighted by Crippen LogP contribution is 2.27. The molecule has 0 saturated heterocycles. The van der Waals surface area contributed by atoms with E-state index in [1.165, 1.54) is 12.3 Å². The fourth-order valence-electron chi connectivity index (χ4n) is 1.30. The fourth-order valence-corrected chi connectivity index (χ4v) is 1.30. The number of methoxy groups -OCH3 is 1. The van der Waals surface area contributed by atoms with Crippen molar-refractivity contribution in [2.24, 2.45) is 5.92 Å². The van der Waals surface area contributed by atoms with Crippen molar-refractivity contribution in [3.05, 3.63) is 24.0 Å². The van der Waals surface area contributed by atoms with Crippen LogP contribution < -0.4 is 5.32 Å². The second kappa shape index (κ2) is 5.86. The average molecular weight is 248 g/mol. The molecule has 1 rings (SSSR count). The molecule has 1 unspecified atom stereocenters. The maximum Gasteiger partial charge on any atom is 0.433 e. The molecule has 0 fully saturated rings. The van der Waals surface area contributed by atoms with Crippen LogP contribution in [0.25, 0.3) is 0 Å². The summed E-state index contributed by atoms with van der Waals surface area (Å²) in [7, 11) is 1.61. The summed E-state index contributed by atoms with van der Waals surface area (Å²) in [5.74, 6) is 0.280. The van der Waals surface area contributed by atoms with Crippen LogP contribution in [0.5, 0.6) is 0 Å². The Kier molecular flexibility index (Phi) is 4.74. The number of aromatic nitrogens is 1. The van der Waals surface area contributed by atoms with Crippen LogP contribution >= 0.6 is 0 Å². The lowest BCUT2D eigenvalue weighted by molar-refractivity contribution is -0.141. The first-order chi connectivity index (χ1) is 7.93. The van der Waals surface area contributed by atoms with E-state index in [0.29, 0.717) is 18.8 Å². The van der Waals surface area contributed by atoms with Crippen LogP contribution in [0.4, 0.5) is 18.9 Å². The quantitative estimate of drug-likeness (QED) is 0.870. The van der Waals surface area contributed by atoms with E-state index >= 15 is 0 Å². The van der Waals surface area contributed by atoms with E-state index in [1.54, 1.807) is 7.11 Å². The number of hydrogen-bond acceptors (Lipinski definition) is 3. The van der Waals surface area contributed by atoms with Gasteiger partial charge in [0.2, 0.25) is 0 Å². The lowest BCUT2D eigenvalue weighted by Gasteiger charge is -2.12. The van der Waals surface area contributed by atoms with Gasteiger partial charge in [0, 0.05) is 13.7 Å². The molecule has 1 aromatic rings. The van der Waals surface area contributed by atoms with Crippen LogP contribution in [0.2, 0.25) is 0 Å². The van der Waals surface area contributed by atoms with Crippen molar-refractivity contribution in [2.75, 3.05) is 25.6 Å². The maximum atomic E-state index is 12.2. The number of anilines is 1. The molecule has 17 heavy (non-hydrogen) atoms. The summed E-state index contributed by atoms with van der Waals surface area (Å²) in [5, 5.41) is 3.00. The van der Waals surface area contributed by atoms with E-state index in [2.05, 4.69) is 10.3 Å². The van der Waals surface area contributed by atoms with Crippen LogP contribution in [0.3, 0.4) is 0 Å². The van der Waals surface area contributed by atoms with Gasteiger partial charge in [0.15, 0.2) is 0 Å². The monoisotopic (exact) mass is 248 g/mol. The van der Waals surface area contributed by atoms with Crippen molar-refractivity contribution < 1.29 is 17.9 Å². The van der Waals surface area contributed by atoms with Crippen molar-refractivity contribution in [1.29, 1.82) is 0 Å². The first-order valence-corrected chi connectivity index (χ1v) is 5.19. The zero-order valence-electron chi connectivity index (χ0n) is 9.71. The molecule has 3 nitrogen and oxygen atoms in total. The van der Waals surface area contributed by atoms with E-state index in [4.69, 9.17) is 4.74 Å². The standard InChI is InChI=1S/C11H15F3N2O/c1-8(7-17-2)5-15-9-3-4-10(16-6-9)11(12,13)14/h3-4,6,8,15H,5,7H2,1-2H3. The first kappa shape index (κ1) is 13.8. The highest BCUT2D eigenvalue weighted by molar-refractivity contribution is 5.41. The van der Waals surface area contributed by atoms with Crippen molar-refractivity contribution >= 4 is 5.69 Å². The number of rotatable bonds is 5. The molecule has 1 atom stereocenters. The van der Waals surface area contributed by atoms with Crippen molar-refractivity contribution in [1.82, 2.24) is 4.98 Å². The van der Waals surface area contributed by atoms with E-state index in [9.17, 15) is 13.2 Å². The molecule has 0 aliphatic heterocycles. The number of alkyl halides is 3. The minimum Gasteiger partial charge on any atom is -0.384 e. The van der Waals surface area contributed by atoms with Gasteiger partial charge in [0.25, 0.3) is 0 Å². The predicted octanol–water partition coefficient (Wildman–Crippen LogP) is 2.79. The summed E-state index contributed by atoms with van der Waals surface area (Å²) in [6.45, 7) is 3.20. The van der Waals surface area contributed by atoms with E-state index in [-0.39, 0.29) is 5.92 Å². The Hall–Kier alpha value is -1.30. The third-order valence-corrected chi connectivity index (χ3v) is 2.16. The first-order valence-electron chi connectivity index (χ1n) is 5.19. The molecule has 0 aliphatic rings. The lowest BCUT2D eigenvalue weighted by atomic mass is 10.2. The second-order valence-corrected chi connectivity index (χ2v) is 3.87. The zero-order chi connectivity index (χ0) is 12.9. The Morgan fingerprint density at radius 1 is 1.41 bits per heavy atom. The Bertz CT molecular complexity index is 338. The molecular weight excluding hydrogens is 233 g/mol. The molecule has 0 saturated carbocycles. The lowest BCUT2D eigenvalue weighted by Crippen LogP contribution is -2.16. The van der Waals surface area contributed by atoms with Crippen LogP contribution in [-0.4, -0.2) is 25.2 Å². The topological polar surface area (TPSA) is 34.1 Å². The van der Waals surface area contributed by atoms with Crippen molar-refractivity contribution in [3.63, 3.8) is 0 Å². The third kappa shape index (κ3) is 4.60. The predicted molar refractivity (Wildman–Crippen MR) is 58.8 cm³/mol. The molecule has 0 amide bonds. The van der Waals surface area contributed by atoms with E-state index in [1.807, 2.05) is 6.92 Å². The summed E-state index contributed by atoms with van der Waals surface area (Å²) in [5.41, 5.74) is -0.311. The number of nitrogens with zero attached hydrogens (tertiary/aromatic N) is 1. The SMILES string of the molecule is COCC(C)CNc1ccc(C(F)(F)F)nc1. The molecule has 0 spiro atoms. The summed E-state index contributed by atoms with van der Waals surface area (Å²) in [6.07, 6.45) is -3.20. The second-order valence-electron chi connectivity index (χ2n) is 3.87. The minimum atomic E-state index is -4.39. The molecule has 6 heteroatoms. The maximum absolute atomic E-state index is 12.2. The molecule has 1 N–H and O–H groups in total. The average Bonchev–Trinajstić information content (AvgIpc) is 2.26. The van der Waals surface area contributed by atoms with Crippen molar-refractivity contribution in [3.8, 4) is 0 Å². The van der Waals surface area contributed by atoms with Crippen LogP contribution in [0, 0.1) is 5.92 Å². The molecule has 1 aromatic heterocycles. The Labute approximate surface area is 98.0 Å². The van der Waals surface area contributed by atoms with Crippen LogP contribution in [0.15, 0.2) is 18.3 Å². The summed E-state index contributed by atoms with van der Waals surface area (Å²) in [6, 6.07) is 2.33. The van der Waals surface area contributed by atoms with Crippen LogP contribution in [0.1, 0.15) is 12.6 Å². The number of hydrogen-bond donors (Lipinski definition) is 1. The molecule has 0 bridgehead atoms. The Balaban J connectivity index is 2.51. The van der Waals surface area contributed by atoms with Gasteiger partial charge >= 0.3 is 6.18 Å². The van der Waals surface area contributed by atoms with Crippen molar-refractivity contribution in [2.45, 2.75) is 13.1 Å². The van der Waals surface area contributed by atoms with Gasteiger partial charge in [-0.05, 0) is 18.1 Å². The molecule has 96 valence electrons. The van der Waals surface area contributed by atoms with Gasteiger partial charge < -0.3 is 10.1 Å². The Morgan fingerprint density at radius 2 is 2.12 bits per heavy atom. The van der Waals surface area contributed by atoms with E-state index in [0.717, 1.165) is 6.07 Å². The fraction of sp³-hybridized carbons (Fsp3) is 0.545. The van der Waals surface area contributed by atoms with Crippen LogP contribution in [-0.2, 0) is 10.9 Å². The minimum absolute atomic E-state index is 0.280. The molecule has 1 heterocycles. The normalized spacial score (nSPS) is 13.5. The highest BCUT2D eigenvalue weighted by atomic mass is 19.4. The largest absolute Gasteiger partial charge is 0.433 e. The molecule has 0 aliphatic carbocycles. The van der Waals surface area contributed by atoms with E-state index < -0.39 is 11.9 Å². The summed E-state index contributed by atoms with van der Waals surface area (Å²) in [4.78, 5) is 3.36. The molecule has 0 aromatic carbocycles. The zero-order valence-corrected chi connectivity index (χ0v) is 9.71. The van der Waals surface area contributed by atoms with Gasteiger partial charge in [-0.15, -0.1) is 0 Å². The van der Waals surface area contributed by atoms with Gasteiger partial charge in [-0.3, -0.25) is 0 Å². The number of halogens is 3. The molecule has 0 radical (unpaired) electrons. The number of pyridine rings is 1. The summed E-state index contributed by atoms with van der Waals surface area (Å²) >= 11 is 0. The van der Waals surface area contributed by atoms with Gasteiger partial charge in [-0.25, -0.2) is 4.98 Å². The smallest absolute Gasteiger partial charge is 0.384 e. The van der Waals surface area contributed by atoms with Gasteiger partial charge in [0.1, 0.15) is 5.69 Å². The highest BCUT2D eigenvalue weighted by Gasteiger charge is 2.31. The van der Waals surface area contributed by atoms with Gasteiger partial charge in [-0.2, -0.15) is 13.2 Å². The number of nitrogens with one attached hydrogen (secondary N) is 1. The molecular formula is C11H15F3N2O.